The molecule has 2 aromatic carbocycles. The Kier molecular flexibility index (Phi) is 6.34. The van der Waals surface area contributed by atoms with Gasteiger partial charge in [0.25, 0.3) is 0 Å². The summed E-state index contributed by atoms with van der Waals surface area (Å²) in [5, 5.41) is 3.09. The van der Waals surface area contributed by atoms with E-state index in [9.17, 15) is 17.6 Å². The number of halogens is 1. The quantitative estimate of drug-likeness (QED) is 0.737. The van der Waals surface area contributed by atoms with Crippen molar-refractivity contribution in [3.8, 4) is 0 Å². The van der Waals surface area contributed by atoms with E-state index in [2.05, 4.69) is 10.0 Å². The van der Waals surface area contributed by atoms with Crippen molar-refractivity contribution < 1.29 is 17.6 Å². The van der Waals surface area contributed by atoms with E-state index < -0.39 is 10.0 Å². The molecule has 5 nitrogen and oxygen atoms in total. The Morgan fingerprint density at radius 3 is 2.39 bits per heavy atom. The number of amides is 1. The largest absolute Gasteiger partial charge is 0.349 e. The first-order chi connectivity index (χ1) is 13.3. The molecule has 1 saturated carbocycles. The Bertz CT molecular complexity index is 923. The van der Waals surface area contributed by atoms with Gasteiger partial charge in [0.15, 0.2) is 0 Å². The normalized spacial score (nSPS) is 15.9. The standard InChI is InChI=1S/C21H25FN2O3S/c1-28(26,27)24-19-9-5-4-8-17(19)14-20(25)23-21(15-6-2-3-7-15)16-10-12-18(22)13-11-16/h4-5,8-13,15,21,24H,2-3,6-7,14H2,1H3,(H,23,25). The van der Waals surface area contributed by atoms with E-state index in [1.54, 1.807) is 36.4 Å². The first kappa shape index (κ1) is 20.3. The zero-order chi connectivity index (χ0) is 20.1. The Balaban J connectivity index is 1.77. The Morgan fingerprint density at radius 1 is 1.11 bits per heavy atom. The summed E-state index contributed by atoms with van der Waals surface area (Å²) >= 11 is 0. The highest BCUT2D eigenvalue weighted by Gasteiger charge is 2.28. The molecule has 28 heavy (non-hydrogen) atoms. The molecule has 0 bridgehead atoms. The maximum Gasteiger partial charge on any atom is 0.229 e. The van der Waals surface area contributed by atoms with Crippen molar-refractivity contribution in [2.24, 2.45) is 5.92 Å². The lowest BCUT2D eigenvalue weighted by Crippen LogP contribution is -2.34. The Labute approximate surface area is 165 Å². The molecule has 0 aliphatic heterocycles. The van der Waals surface area contributed by atoms with E-state index in [4.69, 9.17) is 0 Å². The molecule has 1 amide bonds. The molecule has 1 aliphatic carbocycles. The van der Waals surface area contributed by atoms with Crippen molar-refractivity contribution in [3.05, 3.63) is 65.5 Å². The fourth-order valence-electron chi connectivity index (χ4n) is 3.81. The van der Waals surface area contributed by atoms with Crippen molar-refractivity contribution in [3.63, 3.8) is 0 Å². The molecule has 2 N–H and O–H groups in total. The molecular formula is C21H25FN2O3S. The van der Waals surface area contributed by atoms with Crippen LogP contribution in [0.2, 0.25) is 0 Å². The number of anilines is 1. The zero-order valence-corrected chi connectivity index (χ0v) is 16.6. The third kappa shape index (κ3) is 5.55. The van der Waals surface area contributed by atoms with Gasteiger partial charge in [0.2, 0.25) is 15.9 Å². The van der Waals surface area contributed by atoms with E-state index in [0.29, 0.717) is 17.2 Å². The number of carbonyl (C=O) groups is 1. The molecular weight excluding hydrogens is 379 g/mol. The summed E-state index contributed by atoms with van der Waals surface area (Å²) in [5.74, 6) is -0.177. The van der Waals surface area contributed by atoms with Gasteiger partial charge in [-0.1, -0.05) is 43.2 Å². The number of carbonyl (C=O) groups excluding carboxylic acids is 1. The van der Waals surface area contributed by atoms with Crippen molar-refractivity contribution >= 4 is 21.6 Å². The Hall–Kier alpha value is -2.41. The number of rotatable bonds is 7. The molecule has 2 aromatic rings. The van der Waals surface area contributed by atoms with Gasteiger partial charge in [0, 0.05) is 0 Å². The highest BCUT2D eigenvalue weighted by molar-refractivity contribution is 7.92. The summed E-state index contributed by atoms with van der Waals surface area (Å²) in [6, 6.07) is 12.9. The maximum atomic E-state index is 13.3. The van der Waals surface area contributed by atoms with Gasteiger partial charge in [-0.3, -0.25) is 9.52 Å². The first-order valence-electron chi connectivity index (χ1n) is 9.42. The van der Waals surface area contributed by atoms with Gasteiger partial charge in [-0.05, 0) is 48.1 Å². The predicted molar refractivity (Wildman–Crippen MR) is 108 cm³/mol. The molecule has 0 heterocycles. The number of nitrogens with one attached hydrogen (secondary N) is 2. The van der Waals surface area contributed by atoms with Crippen molar-refractivity contribution in [1.29, 1.82) is 0 Å². The molecule has 150 valence electrons. The van der Waals surface area contributed by atoms with Crippen LogP contribution in [0.15, 0.2) is 48.5 Å². The summed E-state index contributed by atoms with van der Waals surface area (Å²) in [5.41, 5.74) is 1.90. The summed E-state index contributed by atoms with van der Waals surface area (Å²) in [6.07, 6.45) is 5.43. The average molecular weight is 405 g/mol. The molecule has 1 aliphatic rings. The van der Waals surface area contributed by atoms with Crippen LogP contribution in [0.4, 0.5) is 10.1 Å². The van der Waals surface area contributed by atoms with Crippen LogP contribution in [-0.2, 0) is 21.2 Å². The topological polar surface area (TPSA) is 75.3 Å². The number of sulfonamides is 1. The third-order valence-electron chi connectivity index (χ3n) is 5.08. The van der Waals surface area contributed by atoms with Gasteiger partial charge < -0.3 is 5.32 Å². The van der Waals surface area contributed by atoms with Gasteiger partial charge in [0.1, 0.15) is 5.82 Å². The van der Waals surface area contributed by atoms with E-state index >= 15 is 0 Å². The van der Waals surface area contributed by atoms with Crippen LogP contribution in [0.5, 0.6) is 0 Å². The summed E-state index contributed by atoms with van der Waals surface area (Å²) < 4.78 is 38.9. The molecule has 3 rings (SSSR count). The summed E-state index contributed by atoms with van der Waals surface area (Å²) in [7, 11) is -3.44. The Morgan fingerprint density at radius 2 is 1.75 bits per heavy atom. The average Bonchev–Trinajstić information content (AvgIpc) is 3.15. The number of para-hydroxylation sites is 1. The molecule has 0 saturated heterocycles. The fraction of sp³-hybridized carbons (Fsp3) is 0.381. The minimum absolute atomic E-state index is 0.0586. The highest BCUT2D eigenvalue weighted by atomic mass is 32.2. The van der Waals surface area contributed by atoms with Crippen LogP contribution in [0.1, 0.15) is 42.9 Å². The minimum Gasteiger partial charge on any atom is -0.349 e. The van der Waals surface area contributed by atoms with E-state index in [1.165, 1.54) is 12.1 Å². The van der Waals surface area contributed by atoms with E-state index in [0.717, 1.165) is 37.5 Å². The van der Waals surface area contributed by atoms with E-state index in [1.807, 2.05) is 0 Å². The lowest BCUT2D eigenvalue weighted by atomic mass is 9.91. The second-order valence-electron chi connectivity index (χ2n) is 7.35. The lowest BCUT2D eigenvalue weighted by Gasteiger charge is -2.25. The molecule has 0 spiro atoms. The van der Waals surface area contributed by atoms with Gasteiger partial charge in [0.05, 0.1) is 24.4 Å². The van der Waals surface area contributed by atoms with Crippen LogP contribution in [0.25, 0.3) is 0 Å². The molecule has 1 atom stereocenters. The second-order valence-corrected chi connectivity index (χ2v) is 9.10. The van der Waals surface area contributed by atoms with Crippen LogP contribution in [-0.4, -0.2) is 20.6 Å². The van der Waals surface area contributed by atoms with Gasteiger partial charge in [-0.2, -0.15) is 0 Å². The van der Waals surface area contributed by atoms with Crippen molar-refractivity contribution in [2.45, 2.75) is 38.1 Å². The molecule has 7 heteroatoms. The number of benzene rings is 2. The van der Waals surface area contributed by atoms with Crippen LogP contribution in [0.3, 0.4) is 0 Å². The van der Waals surface area contributed by atoms with E-state index in [-0.39, 0.29) is 24.2 Å². The zero-order valence-electron chi connectivity index (χ0n) is 15.8. The molecule has 0 aromatic heterocycles. The molecule has 0 radical (unpaired) electrons. The minimum atomic E-state index is -3.44. The van der Waals surface area contributed by atoms with Crippen molar-refractivity contribution in [1.82, 2.24) is 5.32 Å². The van der Waals surface area contributed by atoms with Crippen LogP contribution < -0.4 is 10.0 Å². The van der Waals surface area contributed by atoms with Crippen LogP contribution in [0, 0.1) is 11.7 Å². The highest BCUT2D eigenvalue weighted by Crippen LogP contribution is 2.36. The molecule has 1 unspecified atom stereocenters. The van der Waals surface area contributed by atoms with Crippen molar-refractivity contribution in [2.75, 3.05) is 11.0 Å². The maximum absolute atomic E-state index is 13.3. The summed E-state index contributed by atoms with van der Waals surface area (Å²) in [4.78, 5) is 12.8. The monoisotopic (exact) mass is 404 g/mol. The number of hydrogen-bond acceptors (Lipinski definition) is 3. The number of hydrogen-bond donors (Lipinski definition) is 2. The summed E-state index contributed by atoms with van der Waals surface area (Å²) in [6.45, 7) is 0. The lowest BCUT2D eigenvalue weighted by molar-refractivity contribution is -0.121. The van der Waals surface area contributed by atoms with Crippen LogP contribution >= 0.6 is 0 Å². The predicted octanol–water partition coefficient (Wildman–Crippen LogP) is 3.79. The first-order valence-corrected chi connectivity index (χ1v) is 11.3. The third-order valence-corrected chi connectivity index (χ3v) is 5.67. The van der Waals surface area contributed by atoms with Gasteiger partial charge in [-0.25, -0.2) is 12.8 Å². The van der Waals surface area contributed by atoms with Gasteiger partial charge in [-0.15, -0.1) is 0 Å². The molecule has 1 fully saturated rings. The SMILES string of the molecule is CS(=O)(=O)Nc1ccccc1CC(=O)NC(c1ccc(F)cc1)C1CCCC1. The second kappa shape index (κ2) is 8.73. The fourth-order valence-corrected chi connectivity index (χ4v) is 4.40. The van der Waals surface area contributed by atoms with Gasteiger partial charge >= 0.3 is 0 Å². The smallest absolute Gasteiger partial charge is 0.229 e.